The highest BCUT2D eigenvalue weighted by Crippen LogP contribution is 2.18. The van der Waals surface area contributed by atoms with Gasteiger partial charge in [0, 0.05) is 19.1 Å². The van der Waals surface area contributed by atoms with Crippen molar-refractivity contribution in [2.24, 2.45) is 5.73 Å². The number of nitrogens with zero attached hydrogens (tertiary/aromatic N) is 1. The van der Waals surface area contributed by atoms with E-state index >= 15 is 0 Å². The average Bonchev–Trinajstić information content (AvgIpc) is 2.18. The van der Waals surface area contributed by atoms with Gasteiger partial charge in [-0.15, -0.1) is 0 Å². The van der Waals surface area contributed by atoms with E-state index in [2.05, 4.69) is 11.8 Å². The third-order valence-corrected chi connectivity index (χ3v) is 2.50. The van der Waals surface area contributed by atoms with Crippen LogP contribution in [0.25, 0.3) is 0 Å². The van der Waals surface area contributed by atoms with E-state index in [4.69, 9.17) is 5.73 Å². The van der Waals surface area contributed by atoms with Crippen molar-refractivity contribution in [3.8, 4) is 0 Å². The maximum atomic E-state index is 12.7. The number of nitrogens with two attached hydrogens (primary N) is 1. The second-order valence-electron chi connectivity index (χ2n) is 3.50. The van der Waals surface area contributed by atoms with E-state index < -0.39 is 0 Å². The molecule has 0 aliphatic heterocycles. The van der Waals surface area contributed by atoms with Gasteiger partial charge in [-0.1, -0.05) is 12.1 Å². The van der Waals surface area contributed by atoms with E-state index in [1.165, 1.54) is 12.1 Å². The van der Waals surface area contributed by atoms with Crippen molar-refractivity contribution < 1.29 is 4.39 Å². The highest BCUT2D eigenvalue weighted by molar-refractivity contribution is 5.19. The molecule has 0 aliphatic rings. The zero-order valence-electron chi connectivity index (χ0n) is 8.70. The highest BCUT2D eigenvalue weighted by Gasteiger charge is 2.10. The molecule has 0 saturated heterocycles. The Labute approximate surface area is 84.5 Å². The van der Waals surface area contributed by atoms with Crippen LogP contribution in [0.5, 0.6) is 0 Å². The Kier molecular flexibility index (Phi) is 4.04. The monoisotopic (exact) mass is 196 g/mol. The summed E-state index contributed by atoms with van der Waals surface area (Å²) in [5.74, 6) is -0.192. The van der Waals surface area contributed by atoms with Gasteiger partial charge in [0.15, 0.2) is 0 Å². The minimum atomic E-state index is -0.192. The molecule has 14 heavy (non-hydrogen) atoms. The van der Waals surface area contributed by atoms with E-state index in [-0.39, 0.29) is 11.9 Å². The fourth-order valence-corrected chi connectivity index (χ4v) is 1.39. The van der Waals surface area contributed by atoms with Gasteiger partial charge in [-0.25, -0.2) is 4.39 Å². The third kappa shape index (κ3) is 2.79. The first-order valence-electron chi connectivity index (χ1n) is 4.81. The molecule has 0 aliphatic carbocycles. The zero-order valence-corrected chi connectivity index (χ0v) is 8.70. The molecule has 0 aromatic heterocycles. The molecule has 1 rings (SSSR count). The predicted molar refractivity (Wildman–Crippen MR) is 56.5 cm³/mol. The fraction of sp³-hybridized carbons (Fsp3) is 0.455. The van der Waals surface area contributed by atoms with Crippen LogP contribution in [0.1, 0.15) is 18.5 Å². The molecule has 78 valence electrons. The minimum absolute atomic E-state index is 0.192. The van der Waals surface area contributed by atoms with Gasteiger partial charge in [-0.3, -0.25) is 4.90 Å². The second-order valence-corrected chi connectivity index (χ2v) is 3.50. The van der Waals surface area contributed by atoms with Gasteiger partial charge in [-0.05, 0) is 31.7 Å². The quantitative estimate of drug-likeness (QED) is 0.795. The Hall–Kier alpha value is -0.930. The molecule has 0 saturated carbocycles. The van der Waals surface area contributed by atoms with Crippen molar-refractivity contribution in [3.05, 3.63) is 35.6 Å². The summed E-state index contributed by atoms with van der Waals surface area (Å²) < 4.78 is 12.7. The number of hydrogen-bond donors (Lipinski definition) is 1. The number of benzene rings is 1. The van der Waals surface area contributed by atoms with Crippen LogP contribution in [0.4, 0.5) is 4.39 Å². The summed E-state index contributed by atoms with van der Waals surface area (Å²) in [6.07, 6.45) is 0. The summed E-state index contributed by atoms with van der Waals surface area (Å²) in [5.41, 5.74) is 6.58. The zero-order chi connectivity index (χ0) is 10.6. The lowest BCUT2D eigenvalue weighted by Gasteiger charge is -2.24. The lowest BCUT2D eigenvalue weighted by Crippen LogP contribution is -2.28. The average molecular weight is 196 g/mol. The highest BCUT2D eigenvalue weighted by atomic mass is 19.1. The second kappa shape index (κ2) is 5.08. The van der Waals surface area contributed by atoms with Gasteiger partial charge in [0.25, 0.3) is 0 Å². The maximum Gasteiger partial charge on any atom is 0.123 e. The molecule has 1 atom stereocenters. The summed E-state index contributed by atoms with van der Waals surface area (Å²) in [4.78, 5) is 2.15. The van der Waals surface area contributed by atoms with Crippen LogP contribution in [0.3, 0.4) is 0 Å². The molecule has 1 aromatic carbocycles. The first-order chi connectivity index (χ1) is 6.65. The number of halogens is 1. The standard InChI is InChI=1S/C11H17FN2/c1-9(14(2)8-7-13)10-3-5-11(12)6-4-10/h3-6,9H,7-8,13H2,1-2H3/t9-/m0/s1. The van der Waals surface area contributed by atoms with Crippen LogP contribution < -0.4 is 5.73 Å². The van der Waals surface area contributed by atoms with E-state index in [9.17, 15) is 4.39 Å². The Morgan fingerprint density at radius 3 is 2.43 bits per heavy atom. The van der Waals surface area contributed by atoms with Crippen LogP contribution in [0.15, 0.2) is 24.3 Å². The lowest BCUT2D eigenvalue weighted by molar-refractivity contribution is 0.269. The van der Waals surface area contributed by atoms with Crippen LogP contribution in [-0.4, -0.2) is 25.0 Å². The molecule has 2 N–H and O–H groups in total. The Morgan fingerprint density at radius 1 is 1.36 bits per heavy atom. The Balaban J connectivity index is 2.68. The van der Waals surface area contributed by atoms with Gasteiger partial charge < -0.3 is 5.73 Å². The molecule has 1 aromatic rings. The number of likely N-dealkylation sites (N-methyl/N-ethyl adjacent to an activating group) is 1. The molecule has 2 nitrogen and oxygen atoms in total. The van der Waals surface area contributed by atoms with Crippen molar-refractivity contribution in [2.75, 3.05) is 20.1 Å². The van der Waals surface area contributed by atoms with E-state index in [0.717, 1.165) is 12.1 Å². The summed E-state index contributed by atoms with van der Waals surface area (Å²) in [5, 5.41) is 0. The predicted octanol–water partition coefficient (Wildman–Crippen LogP) is 1.78. The normalized spacial score (nSPS) is 13.2. The van der Waals surface area contributed by atoms with Gasteiger partial charge in [0.2, 0.25) is 0 Å². The maximum absolute atomic E-state index is 12.7. The molecule has 0 spiro atoms. The van der Waals surface area contributed by atoms with Gasteiger partial charge >= 0.3 is 0 Å². The fourth-order valence-electron chi connectivity index (χ4n) is 1.39. The van der Waals surface area contributed by atoms with E-state index in [0.29, 0.717) is 6.54 Å². The lowest BCUT2D eigenvalue weighted by atomic mass is 10.1. The molecular weight excluding hydrogens is 179 g/mol. The Bertz CT molecular complexity index is 271. The molecule has 0 radical (unpaired) electrons. The van der Waals surface area contributed by atoms with Gasteiger partial charge in [0.05, 0.1) is 0 Å². The molecule has 0 amide bonds. The smallest absolute Gasteiger partial charge is 0.123 e. The SMILES string of the molecule is C[C@@H](c1ccc(F)cc1)N(C)CCN. The van der Waals surface area contributed by atoms with Gasteiger partial charge in [-0.2, -0.15) is 0 Å². The van der Waals surface area contributed by atoms with E-state index in [1.807, 2.05) is 19.2 Å². The van der Waals surface area contributed by atoms with Crippen molar-refractivity contribution in [2.45, 2.75) is 13.0 Å². The Morgan fingerprint density at radius 2 is 1.93 bits per heavy atom. The van der Waals surface area contributed by atoms with Gasteiger partial charge in [0.1, 0.15) is 5.82 Å². The summed E-state index contributed by atoms with van der Waals surface area (Å²) in [6, 6.07) is 6.88. The molecule has 0 heterocycles. The first-order valence-corrected chi connectivity index (χ1v) is 4.81. The molecule has 0 bridgehead atoms. The van der Waals surface area contributed by atoms with Crippen molar-refractivity contribution in [3.63, 3.8) is 0 Å². The summed E-state index contributed by atoms with van der Waals surface area (Å²) >= 11 is 0. The third-order valence-electron chi connectivity index (χ3n) is 2.50. The van der Waals surface area contributed by atoms with Crippen LogP contribution >= 0.6 is 0 Å². The van der Waals surface area contributed by atoms with Crippen molar-refractivity contribution in [1.82, 2.24) is 4.90 Å². The van der Waals surface area contributed by atoms with Crippen molar-refractivity contribution in [1.29, 1.82) is 0 Å². The number of hydrogen-bond acceptors (Lipinski definition) is 2. The number of rotatable bonds is 4. The molecule has 3 heteroatoms. The molecular formula is C11H17FN2. The summed E-state index contributed by atoms with van der Waals surface area (Å²) in [6.45, 7) is 3.57. The first kappa shape index (κ1) is 11.1. The van der Waals surface area contributed by atoms with E-state index in [1.54, 1.807) is 0 Å². The summed E-state index contributed by atoms with van der Waals surface area (Å²) in [7, 11) is 2.01. The molecule has 0 unspecified atom stereocenters. The molecule has 0 fully saturated rings. The van der Waals surface area contributed by atoms with Crippen LogP contribution in [0, 0.1) is 5.82 Å². The topological polar surface area (TPSA) is 29.3 Å². The van der Waals surface area contributed by atoms with Crippen LogP contribution in [-0.2, 0) is 0 Å². The van der Waals surface area contributed by atoms with Crippen LogP contribution in [0.2, 0.25) is 0 Å². The van der Waals surface area contributed by atoms with Crippen molar-refractivity contribution >= 4 is 0 Å². The minimum Gasteiger partial charge on any atom is -0.329 e. The largest absolute Gasteiger partial charge is 0.329 e.